The van der Waals surface area contributed by atoms with Crippen LogP contribution in [0.15, 0.2) is 24.3 Å². The predicted octanol–water partition coefficient (Wildman–Crippen LogP) is 2.98. The Bertz CT molecular complexity index is 337. The van der Waals surface area contributed by atoms with Gasteiger partial charge in [0.2, 0.25) is 0 Å². The van der Waals surface area contributed by atoms with Crippen LogP contribution in [0.3, 0.4) is 0 Å². The highest BCUT2D eigenvalue weighted by Crippen LogP contribution is 2.12. The SMILES string of the molecule is C#CCNCc1ccc(OCCCCC)cc1. The van der Waals surface area contributed by atoms with Crippen molar-refractivity contribution in [1.82, 2.24) is 5.32 Å². The molecular weight excluding hydrogens is 210 g/mol. The molecule has 0 aliphatic heterocycles. The van der Waals surface area contributed by atoms with Gasteiger partial charge in [0.05, 0.1) is 13.2 Å². The summed E-state index contributed by atoms with van der Waals surface area (Å²) in [6.45, 7) is 4.41. The molecule has 0 saturated heterocycles. The lowest BCUT2D eigenvalue weighted by molar-refractivity contribution is 0.306. The van der Waals surface area contributed by atoms with E-state index in [0.29, 0.717) is 6.54 Å². The number of ether oxygens (including phenoxy) is 1. The predicted molar refractivity (Wildman–Crippen MR) is 72.0 cm³/mol. The van der Waals surface area contributed by atoms with E-state index in [-0.39, 0.29) is 0 Å². The first-order valence-corrected chi connectivity index (χ1v) is 6.22. The Morgan fingerprint density at radius 1 is 1.24 bits per heavy atom. The van der Waals surface area contributed by atoms with E-state index in [9.17, 15) is 0 Å². The van der Waals surface area contributed by atoms with Crippen LogP contribution in [0.4, 0.5) is 0 Å². The van der Waals surface area contributed by atoms with Gasteiger partial charge < -0.3 is 10.1 Å². The van der Waals surface area contributed by atoms with E-state index in [4.69, 9.17) is 11.2 Å². The van der Waals surface area contributed by atoms with Crippen LogP contribution in [-0.4, -0.2) is 13.2 Å². The molecule has 0 saturated carbocycles. The van der Waals surface area contributed by atoms with Gasteiger partial charge in [0.15, 0.2) is 0 Å². The van der Waals surface area contributed by atoms with Crippen molar-refractivity contribution in [3.05, 3.63) is 29.8 Å². The Morgan fingerprint density at radius 3 is 2.65 bits per heavy atom. The minimum Gasteiger partial charge on any atom is -0.494 e. The largest absolute Gasteiger partial charge is 0.494 e. The van der Waals surface area contributed by atoms with Crippen LogP contribution in [-0.2, 0) is 6.54 Å². The molecular formula is C15H21NO. The molecule has 0 radical (unpaired) electrons. The maximum Gasteiger partial charge on any atom is 0.119 e. The smallest absolute Gasteiger partial charge is 0.119 e. The standard InChI is InChI=1S/C15H21NO/c1-3-5-6-12-17-15-9-7-14(8-10-15)13-16-11-4-2/h2,7-10,16H,3,5-6,11-13H2,1H3. The highest BCUT2D eigenvalue weighted by molar-refractivity contribution is 5.27. The lowest BCUT2D eigenvalue weighted by Crippen LogP contribution is -2.12. The lowest BCUT2D eigenvalue weighted by Gasteiger charge is -2.07. The monoisotopic (exact) mass is 231 g/mol. The summed E-state index contributed by atoms with van der Waals surface area (Å²) in [5.41, 5.74) is 1.22. The summed E-state index contributed by atoms with van der Waals surface area (Å²) < 4.78 is 5.64. The lowest BCUT2D eigenvalue weighted by atomic mass is 10.2. The van der Waals surface area contributed by atoms with Gasteiger partial charge in [-0.3, -0.25) is 0 Å². The van der Waals surface area contributed by atoms with Crippen LogP contribution in [0.1, 0.15) is 31.7 Å². The van der Waals surface area contributed by atoms with Gasteiger partial charge in [-0.1, -0.05) is 37.8 Å². The highest BCUT2D eigenvalue weighted by Gasteiger charge is 1.95. The fraction of sp³-hybridized carbons (Fsp3) is 0.467. The number of nitrogens with one attached hydrogen (secondary N) is 1. The molecule has 0 aromatic heterocycles. The Morgan fingerprint density at radius 2 is 2.00 bits per heavy atom. The van der Waals surface area contributed by atoms with Crippen LogP contribution >= 0.6 is 0 Å². The summed E-state index contributed by atoms with van der Waals surface area (Å²) in [6, 6.07) is 8.16. The third kappa shape index (κ3) is 5.99. The molecule has 0 heterocycles. The molecule has 0 aliphatic carbocycles. The Hall–Kier alpha value is -1.46. The zero-order chi connectivity index (χ0) is 12.3. The first-order chi connectivity index (χ1) is 8.36. The second-order valence-corrected chi connectivity index (χ2v) is 4.01. The molecule has 1 aromatic rings. The third-order valence-corrected chi connectivity index (χ3v) is 2.50. The summed E-state index contributed by atoms with van der Waals surface area (Å²) in [7, 11) is 0. The Labute approximate surface area is 104 Å². The average molecular weight is 231 g/mol. The van der Waals surface area contributed by atoms with Crippen molar-refractivity contribution < 1.29 is 4.74 Å². The van der Waals surface area contributed by atoms with Crippen LogP contribution < -0.4 is 10.1 Å². The molecule has 2 heteroatoms. The average Bonchev–Trinajstić information content (AvgIpc) is 2.37. The van der Waals surface area contributed by atoms with Gasteiger partial charge in [-0.2, -0.15) is 0 Å². The molecule has 0 amide bonds. The van der Waals surface area contributed by atoms with E-state index in [1.165, 1.54) is 18.4 Å². The highest BCUT2D eigenvalue weighted by atomic mass is 16.5. The first kappa shape index (κ1) is 13.6. The number of unbranched alkanes of at least 4 members (excludes halogenated alkanes) is 2. The summed E-state index contributed by atoms with van der Waals surface area (Å²) in [5.74, 6) is 3.50. The molecule has 1 N–H and O–H groups in total. The number of hydrogen-bond acceptors (Lipinski definition) is 2. The molecule has 0 unspecified atom stereocenters. The Kier molecular flexibility index (Phi) is 6.93. The normalized spacial score (nSPS) is 9.88. The van der Waals surface area contributed by atoms with E-state index >= 15 is 0 Å². The zero-order valence-electron chi connectivity index (χ0n) is 10.5. The van der Waals surface area contributed by atoms with Crippen LogP contribution in [0.2, 0.25) is 0 Å². The maximum atomic E-state index is 5.64. The molecule has 0 atom stereocenters. The third-order valence-electron chi connectivity index (χ3n) is 2.50. The number of benzene rings is 1. The van der Waals surface area contributed by atoms with Gasteiger partial charge in [-0.25, -0.2) is 0 Å². The van der Waals surface area contributed by atoms with E-state index in [1.54, 1.807) is 0 Å². The molecule has 0 spiro atoms. The van der Waals surface area contributed by atoms with E-state index in [0.717, 1.165) is 25.3 Å². The topological polar surface area (TPSA) is 21.3 Å². The number of rotatable bonds is 8. The summed E-state index contributed by atoms with van der Waals surface area (Å²) in [4.78, 5) is 0. The maximum absolute atomic E-state index is 5.64. The van der Waals surface area contributed by atoms with E-state index < -0.39 is 0 Å². The van der Waals surface area contributed by atoms with Crippen molar-refractivity contribution in [3.63, 3.8) is 0 Å². The summed E-state index contributed by atoms with van der Waals surface area (Å²) in [5, 5.41) is 3.15. The van der Waals surface area contributed by atoms with Gasteiger partial charge in [-0.05, 0) is 24.1 Å². The second-order valence-electron chi connectivity index (χ2n) is 4.01. The van der Waals surface area contributed by atoms with Crippen LogP contribution in [0.25, 0.3) is 0 Å². The van der Waals surface area contributed by atoms with Crippen LogP contribution in [0.5, 0.6) is 5.75 Å². The fourth-order valence-electron chi connectivity index (χ4n) is 1.52. The van der Waals surface area contributed by atoms with Crippen LogP contribution in [0, 0.1) is 12.3 Å². The van der Waals surface area contributed by atoms with Crippen molar-refractivity contribution >= 4 is 0 Å². The van der Waals surface area contributed by atoms with Crippen molar-refractivity contribution in [1.29, 1.82) is 0 Å². The van der Waals surface area contributed by atoms with Gasteiger partial charge >= 0.3 is 0 Å². The molecule has 0 aliphatic rings. The molecule has 0 fully saturated rings. The second kappa shape index (κ2) is 8.66. The Balaban J connectivity index is 2.27. The number of hydrogen-bond donors (Lipinski definition) is 1. The fourth-order valence-corrected chi connectivity index (χ4v) is 1.52. The zero-order valence-corrected chi connectivity index (χ0v) is 10.5. The molecule has 1 rings (SSSR count). The van der Waals surface area contributed by atoms with Crippen molar-refractivity contribution in [3.8, 4) is 18.1 Å². The van der Waals surface area contributed by atoms with Gasteiger partial charge in [-0.15, -0.1) is 6.42 Å². The molecule has 92 valence electrons. The minimum absolute atomic E-state index is 0.606. The molecule has 17 heavy (non-hydrogen) atoms. The van der Waals surface area contributed by atoms with E-state index in [2.05, 4.69) is 30.3 Å². The minimum atomic E-state index is 0.606. The van der Waals surface area contributed by atoms with Gasteiger partial charge in [0.1, 0.15) is 5.75 Å². The van der Waals surface area contributed by atoms with Crippen molar-refractivity contribution in [2.75, 3.05) is 13.2 Å². The van der Waals surface area contributed by atoms with Crippen molar-refractivity contribution in [2.24, 2.45) is 0 Å². The van der Waals surface area contributed by atoms with E-state index in [1.807, 2.05) is 12.1 Å². The summed E-state index contributed by atoms with van der Waals surface area (Å²) in [6.07, 6.45) is 8.75. The quantitative estimate of drug-likeness (QED) is 0.548. The molecule has 0 bridgehead atoms. The van der Waals surface area contributed by atoms with Gasteiger partial charge in [0.25, 0.3) is 0 Å². The van der Waals surface area contributed by atoms with Gasteiger partial charge in [0, 0.05) is 6.54 Å². The first-order valence-electron chi connectivity index (χ1n) is 6.22. The van der Waals surface area contributed by atoms with Crippen molar-refractivity contribution in [2.45, 2.75) is 32.7 Å². The molecule has 1 aromatic carbocycles. The number of terminal acetylenes is 1. The molecule has 2 nitrogen and oxygen atoms in total. The summed E-state index contributed by atoms with van der Waals surface area (Å²) >= 11 is 0.